The van der Waals surface area contributed by atoms with Crippen LogP contribution in [0.25, 0.3) is 0 Å². The number of nitrogens with zero attached hydrogens (tertiary/aromatic N) is 2. The van der Waals surface area contributed by atoms with Crippen molar-refractivity contribution in [2.75, 3.05) is 31.1 Å². The number of benzene rings is 1. The molecule has 1 fully saturated rings. The van der Waals surface area contributed by atoms with Crippen molar-refractivity contribution in [1.82, 2.24) is 10.2 Å². The van der Waals surface area contributed by atoms with E-state index in [1.807, 2.05) is 36.9 Å². The Morgan fingerprint density at radius 3 is 2.14 bits per heavy atom. The van der Waals surface area contributed by atoms with Crippen molar-refractivity contribution in [3.05, 3.63) is 30.3 Å². The van der Waals surface area contributed by atoms with E-state index >= 15 is 0 Å². The monoisotopic (exact) mass is 303 g/mol. The van der Waals surface area contributed by atoms with Gasteiger partial charge in [-0.1, -0.05) is 32.0 Å². The lowest BCUT2D eigenvalue weighted by Gasteiger charge is -2.38. The molecule has 5 heteroatoms. The Hall–Kier alpha value is -2.04. The Morgan fingerprint density at radius 1 is 1.05 bits per heavy atom. The number of carbonyl (C=O) groups excluding carboxylic acids is 2. The number of carbonyl (C=O) groups is 2. The summed E-state index contributed by atoms with van der Waals surface area (Å²) in [6, 6.07) is 9.80. The molecule has 120 valence electrons. The maximum atomic E-state index is 12.6. The van der Waals surface area contributed by atoms with Crippen molar-refractivity contribution >= 4 is 17.5 Å². The summed E-state index contributed by atoms with van der Waals surface area (Å²) in [7, 11) is 0. The van der Waals surface area contributed by atoms with Crippen LogP contribution in [0.4, 0.5) is 5.69 Å². The van der Waals surface area contributed by atoms with Gasteiger partial charge in [0.05, 0.1) is 0 Å². The second kappa shape index (κ2) is 7.29. The molecule has 1 aromatic carbocycles. The van der Waals surface area contributed by atoms with Crippen LogP contribution in [0.1, 0.15) is 20.8 Å². The Morgan fingerprint density at radius 2 is 1.64 bits per heavy atom. The molecule has 0 saturated carbocycles. The van der Waals surface area contributed by atoms with Gasteiger partial charge in [0, 0.05) is 38.8 Å². The van der Waals surface area contributed by atoms with Crippen molar-refractivity contribution in [3.8, 4) is 0 Å². The van der Waals surface area contributed by atoms with Gasteiger partial charge in [0.15, 0.2) is 0 Å². The fraction of sp³-hybridized carbons (Fsp3) is 0.529. The normalized spacial score (nSPS) is 16.5. The number of anilines is 1. The quantitative estimate of drug-likeness (QED) is 0.917. The van der Waals surface area contributed by atoms with Crippen LogP contribution in [0.15, 0.2) is 30.3 Å². The molecule has 5 nitrogen and oxygen atoms in total. The van der Waals surface area contributed by atoms with E-state index in [2.05, 4.69) is 22.3 Å². The third-order valence-corrected chi connectivity index (χ3v) is 4.00. The number of hydrogen-bond donors (Lipinski definition) is 1. The lowest BCUT2D eigenvalue weighted by molar-refractivity contribution is -0.137. The molecule has 1 heterocycles. The average Bonchev–Trinajstić information content (AvgIpc) is 2.52. The second-order valence-electron chi connectivity index (χ2n) is 6.07. The van der Waals surface area contributed by atoms with Crippen LogP contribution in [0.3, 0.4) is 0 Å². The molecule has 1 atom stereocenters. The molecule has 1 N–H and O–H groups in total. The summed E-state index contributed by atoms with van der Waals surface area (Å²) < 4.78 is 0. The van der Waals surface area contributed by atoms with E-state index in [9.17, 15) is 9.59 Å². The molecule has 1 saturated heterocycles. The first kappa shape index (κ1) is 16.3. The van der Waals surface area contributed by atoms with Gasteiger partial charge in [-0.3, -0.25) is 9.59 Å². The van der Waals surface area contributed by atoms with Crippen LogP contribution in [-0.4, -0.2) is 48.9 Å². The number of para-hydroxylation sites is 1. The van der Waals surface area contributed by atoms with Gasteiger partial charge in [0.2, 0.25) is 11.8 Å². The van der Waals surface area contributed by atoms with Crippen molar-refractivity contribution in [2.45, 2.75) is 26.8 Å². The Balaban J connectivity index is 1.95. The topological polar surface area (TPSA) is 52.7 Å². The third kappa shape index (κ3) is 4.00. The molecule has 2 rings (SSSR count). The van der Waals surface area contributed by atoms with Gasteiger partial charge in [-0.15, -0.1) is 0 Å². The summed E-state index contributed by atoms with van der Waals surface area (Å²) in [4.78, 5) is 28.0. The Bertz CT molecular complexity index is 508. The highest BCUT2D eigenvalue weighted by atomic mass is 16.2. The van der Waals surface area contributed by atoms with Gasteiger partial charge in [-0.25, -0.2) is 0 Å². The van der Waals surface area contributed by atoms with Crippen LogP contribution in [0, 0.1) is 5.92 Å². The van der Waals surface area contributed by atoms with Crippen LogP contribution >= 0.6 is 0 Å². The molecule has 0 aliphatic carbocycles. The first-order valence-electron chi connectivity index (χ1n) is 7.85. The molecular weight excluding hydrogens is 278 g/mol. The second-order valence-corrected chi connectivity index (χ2v) is 6.07. The van der Waals surface area contributed by atoms with E-state index in [4.69, 9.17) is 0 Å². The molecule has 0 bridgehead atoms. The minimum Gasteiger partial charge on any atom is -0.368 e. The molecule has 1 aromatic rings. The SMILES string of the molecule is CC(=O)NC(C(=O)N1CCN(c2ccccc2)CC1)C(C)C. The molecule has 1 aliphatic rings. The van der Waals surface area contributed by atoms with Gasteiger partial charge in [0.1, 0.15) is 6.04 Å². The number of piperazine rings is 1. The van der Waals surface area contributed by atoms with E-state index < -0.39 is 6.04 Å². The van der Waals surface area contributed by atoms with Crippen molar-refractivity contribution in [2.24, 2.45) is 5.92 Å². The summed E-state index contributed by atoms with van der Waals surface area (Å²) in [5, 5.41) is 2.78. The largest absolute Gasteiger partial charge is 0.368 e. The fourth-order valence-corrected chi connectivity index (χ4v) is 2.75. The summed E-state index contributed by atoms with van der Waals surface area (Å²) in [6.45, 7) is 8.39. The Labute approximate surface area is 132 Å². The number of rotatable bonds is 4. The molecule has 1 unspecified atom stereocenters. The highest BCUT2D eigenvalue weighted by Crippen LogP contribution is 2.16. The van der Waals surface area contributed by atoms with Gasteiger partial charge >= 0.3 is 0 Å². The maximum Gasteiger partial charge on any atom is 0.245 e. The molecule has 1 aliphatic heterocycles. The fourth-order valence-electron chi connectivity index (χ4n) is 2.75. The van der Waals surface area contributed by atoms with E-state index in [1.54, 1.807) is 0 Å². The van der Waals surface area contributed by atoms with E-state index in [0.29, 0.717) is 13.1 Å². The van der Waals surface area contributed by atoms with E-state index in [-0.39, 0.29) is 17.7 Å². The Kier molecular flexibility index (Phi) is 5.41. The molecule has 2 amide bonds. The van der Waals surface area contributed by atoms with Gasteiger partial charge < -0.3 is 15.1 Å². The molecule has 0 spiro atoms. The number of hydrogen-bond acceptors (Lipinski definition) is 3. The van der Waals surface area contributed by atoms with Gasteiger partial charge in [-0.2, -0.15) is 0 Å². The van der Waals surface area contributed by atoms with Crippen molar-refractivity contribution in [3.63, 3.8) is 0 Å². The lowest BCUT2D eigenvalue weighted by Crippen LogP contribution is -2.56. The summed E-state index contributed by atoms with van der Waals surface area (Å²) >= 11 is 0. The molecular formula is C17H25N3O2. The summed E-state index contributed by atoms with van der Waals surface area (Å²) in [5.41, 5.74) is 1.19. The van der Waals surface area contributed by atoms with Gasteiger partial charge in [0.25, 0.3) is 0 Å². The van der Waals surface area contributed by atoms with Crippen LogP contribution in [0.2, 0.25) is 0 Å². The highest BCUT2D eigenvalue weighted by Gasteiger charge is 2.30. The smallest absolute Gasteiger partial charge is 0.245 e. The van der Waals surface area contributed by atoms with Gasteiger partial charge in [-0.05, 0) is 18.1 Å². The van der Waals surface area contributed by atoms with E-state index in [1.165, 1.54) is 12.6 Å². The first-order chi connectivity index (χ1) is 10.5. The number of amides is 2. The molecule has 0 radical (unpaired) electrons. The third-order valence-electron chi connectivity index (χ3n) is 4.00. The predicted molar refractivity (Wildman–Crippen MR) is 87.7 cm³/mol. The number of nitrogens with one attached hydrogen (secondary N) is 1. The van der Waals surface area contributed by atoms with Crippen molar-refractivity contribution in [1.29, 1.82) is 0 Å². The summed E-state index contributed by atoms with van der Waals surface area (Å²) in [5.74, 6) is -0.0450. The zero-order chi connectivity index (χ0) is 16.1. The molecule has 22 heavy (non-hydrogen) atoms. The van der Waals surface area contributed by atoms with E-state index in [0.717, 1.165) is 13.1 Å². The average molecular weight is 303 g/mol. The van der Waals surface area contributed by atoms with Crippen LogP contribution in [-0.2, 0) is 9.59 Å². The van der Waals surface area contributed by atoms with Crippen LogP contribution in [0.5, 0.6) is 0 Å². The standard InChI is InChI=1S/C17H25N3O2/c1-13(2)16(18-14(3)21)17(22)20-11-9-19(10-12-20)15-7-5-4-6-8-15/h4-8,13,16H,9-12H2,1-3H3,(H,18,21). The summed E-state index contributed by atoms with van der Waals surface area (Å²) in [6.07, 6.45) is 0. The molecule has 0 aromatic heterocycles. The van der Waals surface area contributed by atoms with Crippen molar-refractivity contribution < 1.29 is 9.59 Å². The van der Waals surface area contributed by atoms with Crippen LogP contribution < -0.4 is 10.2 Å². The first-order valence-corrected chi connectivity index (χ1v) is 7.85. The minimum absolute atomic E-state index is 0.0258. The zero-order valence-electron chi connectivity index (χ0n) is 13.6. The lowest BCUT2D eigenvalue weighted by atomic mass is 10.0. The maximum absolute atomic E-state index is 12.6. The predicted octanol–water partition coefficient (Wildman–Crippen LogP) is 1.50. The zero-order valence-corrected chi connectivity index (χ0v) is 13.6. The highest BCUT2D eigenvalue weighted by molar-refractivity contribution is 5.87. The minimum atomic E-state index is -0.430.